The van der Waals surface area contributed by atoms with Crippen LogP contribution in [0.3, 0.4) is 0 Å². The van der Waals surface area contributed by atoms with Gasteiger partial charge in [-0.15, -0.1) is 5.10 Å². The highest BCUT2D eigenvalue weighted by Gasteiger charge is 2.19. The standard InChI is InChI=1S/C12H21N5/c1-3-10-11(4-2)16-17-12(15-10)14-8-7-13-9-5-6-9/h9,13H,3-8H2,1-2H3,(H,14,15,17). The monoisotopic (exact) mass is 235 g/mol. The van der Waals surface area contributed by atoms with Crippen LogP contribution < -0.4 is 10.6 Å². The highest BCUT2D eigenvalue weighted by molar-refractivity contribution is 5.25. The minimum Gasteiger partial charge on any atom is -0.352 e. The van der Waals surface area contributed by atoms with Crippen molar-refractivity contribution in [1.82, 2.24) is 20.5 Å². The Kier molecular flexibility index (Phi) is 4.25. The zero-order chi connectivity index (χ0) is 12.1. The Morgan fingerprint density at radius 1 is 1.06 bits per heavy atom. The Hall–Kier alpha value is -1.23. The van der Waals surface area contributed by atoms with Gasteiger partial charge in [0, 0.05) is 19.1 Å². The molecule has 0 radical (unpaired) electrons. The molecule has 17 heavy (non-hydrogen) atoms. The van der Waals surface area contributed by atoms with Gasteiger partial charge >= 0.3 is 0 Å². The smallest absolute Gasteiger partial charge is 0.243 e. The summed E-state index contributed by atoms with van der Waals surface area (Å²) in [5.41, 5.74) is 2.06. The minimum atomic E-state index is 0.650. The van der Waals surface area contributed by atoms with E-state index in [1.807, 2.05) is 0 Å². The van der Waals surface area contributed by atoms with Gasteiger partial charge in [-0.3, -0.25) is 0 Å². The molecule has 94 valence electrons. The topological polar surface area (TPSA) is 62.7 Å². The molecule has 0 saturated heterocycles. The fraction of sp³-hybridized carbons (Fsp3) is 0.750. The highest BCUT2D eigenvalue weighted by Crippen LogP contribution is 2.17. The largest absolute Gasteiger partial charge is 0.352 e. The van der Waals surface area contributed by atoms with Crippen LogP contribution in [0.1, 0.15) is 38.1 Å². The lowest BCUT2D eigenvalue weighted by Crippen LogP contribution is -2.24. The average Bonchev–Trinajstić information content (AvgIpc) is 3.18. The quantitative estimate of drug-likeness (QED) is 0.694. The summed E-state index contributed by atoms with van der Waals surface area (Å²) in [6, 6.07) is 0.754. The number of aromatic nitrogens is 3. The summed E-state index contributed by atoms with van der Waals surface area (Å²) in [5, 5.41) is 14.9. The van der Waals surface area contributed by atoms with Crippen LogP contribution in [0.5, 0.6) is 0 Å². The van der Waals surface area contributed by atoms with Crippen molar-refractivity contribution in [2.75, 3.05) is 18.4 Å². The van der Waals surface area contributed by atoms with E-state index in [0.717, 1.165) is 43.4 Å². The van der Waals surface area contributed by atoms with E-state index in [0.29, 0.717) is 5.95 Å². The molecule has 0 aromatic carbocycles. The molecule has 0 bridgehead atoms. The molecule has 2 N–H and O–H groups in total. The maximum atomic E-state index is 4.48. The van der Waals surface area contributed by atoms with E-state index < -0.39 is 0 Å². The number of hydrogen-bond donors (Lipinski definition) is 2. The first-order valence-electron chi connectivity index (χ1n) is 6.53. The molecule has 1 aliphatic carbocycles. The van der Waals surface area contributed by atoms with Crippen molar-refractivity contribution >= 4 is 5.95 Å². The average molecular weight is 235 g/mol. The van der Waals surface area contributed by atoms with Crippen molar-refractivity contribution in [2.24, 2.45) is 0 Å². The molecule has 1 fully saturated rings. The van der Waals surface area contributed by atoms with E-state index in [4.69, 9.17) is 0 Å². The van der Waals surface area contributed by atoms with Crippen LogP contribution in [-0.2, 0) is 12.8 Å². The van der Waals surface area contributed by atoms with Gasteiger partial charge in [-0.1, -0.05) is 13.8 Å². The van der Waals surface area contributed by atoms with Crippen molar-refractivity contribution in [3.8, 4) is 0 Å². The molecule has 0 amide bonds. The van der Waals surface area contributed by atoms with E-state index in [-0.39, 0.29) is 0 Å². The normalized spacial score (nSPS) is 14.9. The second kappa shape index (κ2) is 5.91. The molecule has 1 aliphatic rings. The summed E-state index contributed by atoms with van der Waals surface area (Å²) < 4.78 is 0. The second-order valence-corrected chi connectivity index (χ2v) is 4.39. The zero-order valence-electron chi connectivity index (χ0n) is 10.7. The molecule has 2 rings (SSSR count). The van der Waals surface area contributed by atoms with Crippen LogP contribution in [0.15, 0.2) is 0 Å². The maximum Gasteiger partial charge on any atom is 0.243 e. The first kappa shape index (κ1) is 12.2. The molecule has 1 aromatic heterocycles. The van der Waals surface area contributed by atoms with Crippen LogP contribution >= 0.6 is 0 Å². The summed E-state index contributed by atoms with van der Waals surface area (Å²) in [6.07, 6.45) is 4.45. The van der Waals surface area contributed by atoms with Crippen LogP contribution in [0.4, 0.5) is 5.95 Å². The Balaban J connectivity index is 1.82. The van der Waals surface area contributed by atoms with Gasteiger partial charge in [-0.2, -0.15) is 5.10 Å². The van der Waals surface area contributed by atoms with Crippen molar-refractivity contribution in [2.45, 2.75) is 45.6 Å². The maximum absolute atomic E-state index is 4.48. The fourth-order valence-corrected chi connectivity index (χ4v) is 1.75. The molecular formula is C12H21N5. The lowest BCUT2D eigenvalue weighted by atomic mass is 10.2. The van der Waals surface area contributed by atoms with Gasteiger partial charge in [0.25, 0.3) is 0 Å². The Morgan fingerprint density at radius 2 is 1.82 bits per heavy atom. The van der Waals surface area contributed by atoms with Gasteiger partial charge < -0.3 is 10.6 Å². The first-order valence-corrected chi connectivity index (χ1v) is 6.53. The Morgan fingerprint density at radius 3 is 2.47 bits per heavy atom. The molecule has 0 spiro atoms. The van der Waals surface area contributed by atoms with Crippen LogP contribution in [0, 0.1) is 0 Å². The van der Waals surface area contributed by atoms with E-state index in [9.17, 15) is 0 Å². The van der Waals surface area contributed by atoms with E-state index in [1.54, 1.807) is 0 Å². The van der Waals surface area contributed by atoms with Crippen molar-refractivity contribution in [1.29, 1.82) is 0 Å². The molecule has 1 heterocycles. The molecule has 1 saturated carbocycles. The lowest BCUT2D eigenvalue weighted by Gasteiger charge is -2.08. The van der Waals surface area contributed by atoms with Crippen LogP contribution in [0.25, 0.3) is 0 Å². The molecule has 0 atom stereocenters. The number of nitrogens with one attached hydrogen (secondary N) is 2. The Bertz CT molecular complexity index is 362. The predicted molar refractivity (Wildman–Crippen MR) is 68.1 cm³/mol. The predicted octanol–water partition coefficient (Wildman–Crippen LogP) is 1.16. The fourth-order valence-electron chi connectivity index (χ4n) is 1.75. The van der Waals surface area contributed by atoms with Crippen LogP contribution in [-0.4, -0.2) is 34.3 Å². The number of hydrogen-bond acceptors (Lipinski definition) is 5. The van der Waals surface area contributed by atoms with Crippen molar-refractivity contribution in [3.63, 3.8) is 0 Å². The third-order valence-electron chi connectivity index (χ3n) is 2.93. The third-order valence-corrected chi connectivity index (χ3v) is 2.93. The number of anilines is 1. The summed E-state index contributed by atoms with van der Waals surface area (Å²) in [4.78, 5) is 4.48. The zero-order valence-corrected chi connectivity index (χ0v) is 10.7. The Labute approximate surface area is 102 Å². The van der Waals surface area contributed by atoms with Crippen LogP contribution in [0.2, 0.25) is 0 Å². The molecule has 1 aromatic rings. The molecular weight excluding hydrogens is 214 g/mol. The van der Waals surface area contributed by atoms with Gasteiger partial charge in [-0.05, 0) is 25.7 Å². The van der Waals surface area contributed by atoms with Gasteiger partial charge in [-0.25, -0.2) is 4.98 Å². The second-order valence-electron chi connectivity index (χ2n) is 4.39. The van der Waals surface area contributed by atoms with Crippen molar-refractivity contribution in [3.05, 3.63) is 11.4 Å². The van der Waals surface area contributed by atoms with E-state index in [2.05, 4.69) is 39.7 Å². The number of nitrogens with zero attached hydrogens (tertiary/aromatic N) is 3. The number of aryl methyl sites for hydroxylation is 2. The van der Waals surface area contributed by atoms with Gasteiger partial charge in [0.15, 0.2) is 0 Å². The van der Waals surface area contributed by atoms with Gasteiger partial charge in [0.2, 0.25) is 5.95 Å². The summed E-state index contributed by atoms with van der Waals surface area (Å²) in [6.45, 7) is 6.00. The number of rotatable bonds is 7. The van der Waals surface area contributed by atoms with E-state index in [1.165, 1.54) is 12.8 Å². The van der Waals surface area contributed by atoms with Gasteiger partial charge in [0.05, 0.1) is 11.4 Å². The highest BCUT2D eigenvalue weighted by atomic mass is 15.2. The molecule has 0 unspecified atom stereocenters. The summed E-state index contributed by atoms with van der Waals surface area (Å²) in [7, 11) is 0. The van der Waals surface area contributed by atoms with E-state index >= 15 is 0 Å². The lowest BCUT2D eigenvalue weighted by molar-refractivity contribution is 0.696. The van der Waals surface area contributed by atoms with Gasteiger partial charge in [0.1, 0.15) is 0 Å². The molecule has 5 heteroatoms. The SMILES string of the molecule is CCc1nnc(NCCNC2CC2)nc1CC. The minimum absolute atomic E-state index is 0.650. The summed E-state index contributed by atoms with van der Waals surface area (Å²) in [5.74, 6) is 0.650. The summed E-state index contributed by atoms with van der Waals surface area (Å²) >= 11 is 0. The molecule has 5 nitrogen and oxygen atoms in total. The molecule has 0 aliphatic heterocycles. The first-order chi connectivity index (χ1) is 8.33. The third kappa shape index (κ3) is 3.63. The van der Waals surface area contributed by atoms with Crippen molar-refractivity contribution < 1.29 is 0 Å².